The monoisotopic (exact) mass is 268 g/mol. The molecule has 1 heterocycles. The molecule has 2 rings (SSSR count). The first-order valence-corrected chi connectivity index (χ1v) is 8.27. The van der Waals surface area contributed by atoms with Gasteiger partial charge in [0, 0.05) is 25.7 Å². The summed E-state index contributed by atoms with van der Waals surface area (Å²) in [6.45, 7) is 11.2. The van der Waals surface area contributed by atoms with Crippen LogP contribution < -0.4 is 5.32 Å². The van der Waals surface area contributed by atoms with Gasteiger partial charge in [-0.3, -0.25) is 4.90 Å². The Morgan fingerprint density at radius 1 is 1.26 bits per heavy atom. The van der Waals surface area contributed by atoms with Crippen molar-refractivity contribution in [1.29, 1.82) is 0 Å². The molecular formula is C16H32N2O. The van der Waals surface area contributed by atoms with Gasteiger partial charge >= 0.3 is 0 Å². The molecular weight excluding hydrogens is 236 g/mol. The average molecular weight is 268 g/mol. The van der Waals surface area contributed by atoms with Crippen molar-refractivity contribution in [1.82, 2.24) is 10.2 Å². The fraction of sp³-hybridized carbons (Fsp3) is 1.00. The molecule has 0 amide bonds. The Morgan fingerprint density at radius 2 is 2.00 bits per heavy atom. The molecule has 3 heteroatoms. The average Bonchev–Trinajstić information content (AvgIpc) is 2.99. The zero-order valence-corrected chi connectivity index (χ0v) is 13.1. The number of nitrogens with zero attached hydrogens (tertiary/aromatic N) is 1. The molecule has 1 aliphatic heterocycles. The van der Waals surface area contributed by atoms with E-state index >= 15 is 0 Å². The minimum absolute atomic E-state index is 0.292. The SMILES string of the molecule is CCN(CCNC(C)C)CC1CCC2(CCCC2)O1. The smallest absolute Gasteiger partial charge is 0.0710 e. The third-order valence-corrected chi connectivity index (χ3v) is 4.74. The number of nitrogens with one attached hydrogen (secondary N) is 1. The molecule has 0 aromatic heterocycles. The van der Waals surface area contributed by atoms with Gasteiger partial charge in [0.2, 0.25) is 0 Å². The van der Waals surface area contributed by atoms with E-state index in [1.165, 1.54) is 38.5 Å². The summed E-state index contributed by atoms with van der Waals surface area (Å²) in [5, 5.41) is 3.50. The van der Waals surface area contributed by atoms with Crippen LogP contribution in [0.5, 0.6) is 0 Å². The molecule has 1 saturated heterocycles. The molecule has 1 aliphatic carbocycles. The van der Waals surface area contributed by atoms with E-state index in [1.807, 2.05) is 0 Å². The first-order valence-electron chi connectivity index (χ1n) is 8.27. The van der Waals surface area contributed by atoms with E-state index in [2.05, 4.69) is 31.0 Å². The normalized spacial score (nSPS) is 26.1. The Bertz CT molecular complexity index is 261. The van der Waals surface area contributed by atoms with Crippen LogP contribution in [0.2, 0.25) is 0 Å². The maximum Gasteiger partial charge on any atom is 0.0710 e. The van der Waals surface area contributed by atoms with Gasteiger partial charge in [0.1, 0.15) is 0 Å². The largest absolute Gasteiger partial charge is 0.370 e. The number of likely N-dealkylation sites (N-methyl/N-ethyl adjacent to an activating group) is 1. The summed E-state index contributed by atoms with van der Waals surface area (Å²) in [6, 6.07) is 0.586. The molecule has 0 radical (unpaired) electrons. The standard InChI is InChI=1S/C16H32N2O/c1-4-18(12-11-17-14(2)3)13-15-7-10-16(19-15)8-5-6-9-16/h14-15,17H,4-13H2,1-3H3. The van der Waals surface area contributed by atoms with Crippen LogP contribution in [-0.2, 0) is 4.74 Å². The number of ether oxygens (including phenoxy) is 1. The summed E-state index contributed by atoms with van der Waals surface area (Å²) in [7, 11) is 0. The van der Waals surface area contributed by atoms with Crippen LogP contribution in [0.25, 0.3) is 0 Å². The topological polar surface area (TPSA) is 24.5 Å². The second-order valence-electron chi connectivity index (χ2n) is 6.67. The Labute approximate surface area is 119 Å². The van der Waals surface area contributed by atoms with Crippen molar-refractivity contribution in [3.8, 4) is 0 Å². The van der Waals surface area contributed by atoms with Gasteiger partial charge in [-0.2, -0.15) is 0 Å². The van der Waals surface area contributed by atoms with Crippen LogP contribution in [0.15, 0.2) is 0 Å². The number of hydrogen-bond donors (Lipinski definition) is 1. The number of hydrogen-bond acceptors (Lipinski definition) is 3. The minimum atomic E-state index is 0.292. The maximum absolute atomic E-state index is 6.41. The van der Waals surface area contributed by atoms with Crippen molar-refractivity contribution in [2.24, 2.45) is 0 Å². The Morgan fingerprint density at radius 3 is 2.63 bits per heavy atom. The summed E-state index contributed by atoms with van der Waals surface area (Å²) in [6.07, 6.45) is 8.44. The molecule has 19 heavy (non-hydrogen) atoms. The van der Waals surface area contributed by atoms with Crippen LogP contribution in [0.3, 0.4) is 0 Å². The molecule has 2 aliphatic rings. The predicted octanol–water partition coefficient (Wildman–Crippen LogP) is 2.80. The van der Waals surface area contributed by atoms with Gasteiger partial charge in [-0.15, -0.1) is 0 Å². The van der Waals surface area contributed by atoms with Crippen LogP contribution in [0, 0.1) is 0 Å². The van der Waals surface area contributed by atoms with Crippen LogP contribution in [-0.4, -0.2) is 48.8 Å². The number of rotatable bonds is 7. The van der Waals surface area contributed by atoms with Crippen molar-refractivity contribution in [2.45, 2.75) is 77.0 Å². The summed E-state index contributed by atoms with van der Waals surface area (Å²) < 4.78 is 6.41. The first kappa shape index (κ1) is 15.3. The Hall–Kier alpha value is -0.120. The predicted molar refractivity (Wildman–Crippen MR) is 80.6 cm³/mol. The Balaban J connectivity index is 1.70. The molecule has 1 saturated carbocycles. The van der Waals surface area contributed by atoms with Gasteiger partial charge in [0.05, 0.1) is 11.7 Å². The second kappa shape index (κ2) is 7.05. The zero-order chi connectivity index (χ0) is 13.7. The fourth-order valence-electron chi connectivity index (χ4n) is 3.59. The highest BCUT2D eigenvalue weighted by Crippen LogP contribution is 2.43. The molecule has 1 atom stereocenters. The van der Waals surface area contributed by atoms with Crippen molar-refractivity contribution >= 4 is 0 Å². The second-order valence-corrected chi connectivity index (χ2v) is 6.67. The van der Waals surface area contributed by atoms with E-state index in [1.54, 1.807) is 0 Å². The molecule has 0 aromatic carbocycles. The van der Waals surface area contributed by atoms with E-state index in [4.69, 9.17) is 4.74 Å². The van der Waals surface area contributed by atoms with Gasteiger partial charge < -0.3 is 10.1 Å². The highest BCUT2D eigenvalue weighted by Gasteiger charge is 2.42. The Kier molecular flexibility index (Phi) is 5.67. The van der Waals surface area contributed by atoms with Crippen molar-refractivity contribution in [3.05, 3.63) is 0 Å². The van der Waals surface area contributed by atoms with Crippen LogP contribution in [0.1, 0.15) is 59.3 Å². The van der Waals surface area contributed by atoms with Crippen molar-refractivity contribution in [2.75, 3.05) is 26.2 Å². The quantitative estimate of drug-likeness (QED) is 0.768. The van der Waals surface area contributed by atoms with Gasteiger partial charge in [0.25, 0.3) is 0 Å². The maximum atomic E-state index is 6.41. The third kappa shape index (κ3) is 4.44. The van der Waals surface area contributed by atoms with Gasteiger partial charge in [0.15, 0.2) is 0 Å². The van der Waals surface area contributed by atoms with E-state index < -0.39 is 0 Å². The van der Waals surface area contributed by atoms with Gasteiger partial charge in [-0.1, -0.05) is 33.6 Å². The lowest BCUT2D eigenvalue weighted by Gasteiger charge is -2.27. The molecule has 1 N–H and O–H groups in total. The van der Waals surface area contributed by atoms with Crippen LogP contribution >= 0.6 is 0 Å². The first-order chi connectivity index (χ1) is 9.13. The lowest BCUT2D eigenvalue weighted by atomic mass is 9.98. The minimum Gasteiger partial charge on any atom is -0.370 e. The molecule has 0 bridgehead atoms. The van der Waals surface area contributed by atoms with E-state index in [0.717, 1.165) is 26.2 Å². The molecule has 3 nitrogen and oxygen atoms in total. The van der Waals surface area contributed by atoms with Gasteiger partial charge in [-0.25, -0.2) is 0 Å². The highest BCUT2D eigenvalue weighted by molar-refractivity contribution is 4.93. The van der Waals surface area contributed by atoms with Crippen molar-refractivity contribution in [3.63, 3.8) is 0 Å². The summed E-state index contributed by atoms with van der Waals surface area (Å²) in [4.78, 5) is 2.54. The van der Waals surface area contributed by atoms with E-state index in [9.17, 15) is 0 Å². The zero-order valence-electron chi connectivity index (χ0n) is 13.1. The highest BCUT2D eigenvalue weighted by atomic mass is 16.5. The summed E-state index contributed by atoms with van der Waals surface area (Å²) >= 11 is 0. The summed E-state index contributed by atoms with van der Waals surface area (Å²) in [5.74, 6) is 0. The fourth-order valence-corrected chi connectivity index (χ4v) is 3.59. The molecule has 0 aromatic rings. The molecule has 2 fully saturated rings. The van der Waals surface area contributed by atoms with E-state index in [-0.39, 0.29) is 0 Å². The van der Waals surface area contributed by atoms with E-state index in [0.29, 0.717) is 17.7 Å². The summed E-state index contributed by atoms with van der Waals surface area (Å²) in [5.41, 5.74) is 0.292. The molecule has 1 spiro atoms. The molecule has 1 unspecified atom stereocenters. The third-order valence-electron chi connectivity index (χ3n) is 4.74. The van der Waals surface area contributed by atoms with Crippen LogP contribution in [0.4, 0.5) is 0 Å². The van der Waals surface area contributed by atoms with Crippen molar-refractivity contribution < 1.29 is 4.74 Å². The lowest BCUT2D eigenvalue weighted by Crippen LogP contribution is -2.39. The lowest BCUT2D eigenvalue weighted by molar-refractivity contribution is -0.0467. The van der Waals surface area contributed by atoms with Gasteiger partial charge in [-0.05, 0) is 32.2 Å². The molecule has 112 valence electrons.